The molecule has 2 heterocycles. The number of benzene rings is 1. The van der Waals surface area contributed by atoms with Crippen LogP contribution in [0, 0.1) is 11.8 Å². The van der Waals surface area contributed by atoms with Crippen molar-refractivity contribution in [3.05, 3.63) is 34.9 Å². The van der Waals surface area contributed by atoms with Crippen molar-refractivity contribution < 1.29 is 19.1 Å². The van der Waals surface area contributed by atoms with Crippen molar-refractivity contribution in [2.75, 3.05) is 13.2 Å². The van der Waals surface area contributed by atoms with Crippen molar-refractivity contribution in [3.63, 3.8) is 0 Å². The number of halogens is 1. The minimum absolute atomic E-state index is 0.207. The summed E-state index contributed by atoms with van der Waals surface area (Å²) < 4.78 is 5.19. The summed E-state index contributed by atoms with van der Waals surface area (Å²) in [6.07, 6.45) is 0. The minimum Gasteiger partial charge on any atom is -0.465 e. The Balaban J connectivity index is 2.07. The van der Waals surface area contributed by atoms with Gasteiger partial charge in [0.2, 0.25) is 11.8 Å². The molecule has 6 nitrogen and oxygen atoms in total. The van der Waals surface area contributed by atoms with E-state index in [0.29, 0.717) is 5.02 Å². The maximum absolute atomic E-state index is 12.8. The maximum Gasteiger partial charge on any atom is 0.326 e. The Morgan fingerprint density at radius 2 is 1.88 bits per heavy atom. The van der Waals surface area contributed by atoms with Gasteiger partial charge in [-0.05, 0) is 38.5 Å². The first-order valence-electron chi connectivity index (χ1n) is 8.40. The summed E-state index contributed by atoms with van der Waals surface area (Å²) in [4.78, 5) is 39.5. The summed E-state index contributed by atoms with van der Waals surface area (Å²) in [7, 11) is 0. The zero-order valence-corrected chi connectivity index (χ0v) is 15.2. The molecule has 0 saturated carbocycles. The van der Waals surface area contributed by atoms with Crippen LogP contribution in [0.3, 0.4) is 0 Å². The van der Waals surface area contributed by atoms with Gasteiger partial charge in [0, 0.05) is 17.6 Å². The Bertz CT molecular complexity index is 720. The van der Waals surface area contributed by atoms with Crippen LogP contribution in [0.1, 0.15) is 32.4 Å². The summed E-state index contributed by atoms with van der Waals surface area (Å²) in [6.45, 7) is 5.60. The molecule has 0 spiro atoms. The van der Waals surface area contributed by atoms with Gasteiger partial charge in [0.1, 0.15) is 5.54 Å². The highest BCUT2D eigenvalue weighted by Gasteiger charge is 2.66. The first-order chi connectivity index (χ1) is 11.8. The van der Waals surface area contributed by atoms with Gasteiger partial charge in [0.25, 0.3) is 0 Å². The zero-order valence-electron chi connectivity index (χ0n) is 14.4. The van der Waals surface area contributed by atoms with Crippen LogP contribution in [0.2, 0.25) is 5.02 Å². The Kier molecular flexibility index (Phi) is 4.60. The van der Waals surface area contributed by atoms with E-state index in [1.165, 1.54) is 4.90 Å². The van der Waals surface area contributed by atoms with Crippen LogP contribution in [0.25, 0.3) is 0 Å². The average molecular weight is 365 g/mol. The number of imide groups is 1. The highest BCUT2D eigenvalue weighted by molar-refractivity contribution is 6.30. The second kappa shape index (κ2) is 6.42. The van der Waals surface area contributed by atoms with Crippen LogP contribution < -0.4 is 5.32 Å². The van der Waals surface area contributed by atoms with E-state index in [1.807, 2.05) is 0 Å². The summed E-state index contributed by atoms with van der Waals surface area (Å²) in [5.74, 6) is -2.50. The maximum atomic E-state index is 12.8. The van der Waals surface area contributed by atoms with Crippen LogP contribution in [-0.2, 0) is 19.1 Å². The van der Waals surface area contributed by atoms with Crippen LogP contribution in [0.15, 0.2) is 24.3 Å². The van der Waals surface area contributed by atoms with Gasteiger partial charge in [-0.15, -0.1) is 0 Å². The van der Waals surface area contributed by atoms with E-state index in [9.17, 15) is 14.4 Å². The minimum atomic E-state index is -1.25. The predicted molar refractivity (Wildman–Crippen MR) is 91.7 cm³/mol. The van der Waals surface area contributed by atoms with E-state index in [4.69, 9.17) is 16.3 Å². The highest BCUT2D eigenvalue weighted by atomic mass is 35.5. The van der Waals surface area contributed by atoms with E-state index < -0.39 is 29.4 Å². The lowest BCUT2D eigenvalue weighted by Gasteiger charge is -2.28. The van der Waals surface area contributed by atoms with E-state index in [-0.39, 0.29) is 25.0 Å². The molecule has 2 aliphatic rings. The fourth-order valence-corrected chi connectivity index (χ4v) is 4.06. The fraction of sp³-hybridized carbons (Fsp3) is 0.500. The molecule has 1 aromatic carbocycles. The van der Waals surface area contributed by atoms with E-state index in [1.54, 1.807) is 45.0 Å². The number of rotatable bonds is 4. The third-order valence-electron chi connectivity index (χ3n) is 5.12. The number of nitrogens with zero attached hydrogens (tertiary/aromatic N) is 1. The molecule has 134 valence electrons. The molecular formula is C18H21ClN2O4. The van der Waals surface area contributed by atoms with Crippen LogP contribution >= 0.6 is 11.6 Å². The summed E-state index contributed by atoms with van der Waals surface area (Å²) in [5, 5.41) is 3.79. The SMILES string of the molecule is CCOC(=O)[C@]1(C)N[C@@H](c2ccc(Cl)cc2)[C@H]2C(=O)N(CC)C(=O)[C@@H]21. The van der Waals surface area contributed by atoms with E-state index in [2.05, 4.69) is 5.32 Å². The van der Waals surface area contributed by atoms with Crippen molar-refractivity contribution in [1.29, 1.82) is 0 Å². The molecule has 25 heavy (non-hydrogen) atoms. The van der Waals surface area contributed by atoms with E-state index in [0.717, 1.165) is 5.56 Å². The van der Waals surface area contributed by atoms with Gasteiger partial charge in [0.05, 0.1) is 18.4 Å². The second-order valence-electron chi connectivity index (χ2n) is 6.52. The van der Waals surface area contributed by atoms with Gasteiger partial charge in [-0.25, -0.2) is 0 Å². The number of ether oxygens (including phenoxy) is 1. The Hall–Kier alpha value is -1.92. The number of nitrogens with one attached hydrogen (secondary N) is 1. The Labute approximate surface area is 151 Å². The number of hydrogen-bond acceptors (Lipinski definition) is 5. The molecule has 4 atom stereocenters. The van der Waals surface area contributed by atoms with E-state index >= 15 is 0 Å². The third-order valence-corrected chi connectivity index (χ3v) is 5.38. The molecule has 2 fully saturated rings. The number of amides is 2. The molecule has 1 aromatic rings. The lowest BCUT2D eigenvalue weighted by Crippen LogP contribution is -2.54. The summed E-state index contributed by atoms with van der Waals surface area (Å²) in [6, 6.07) is 6.61. The molecule has 7 heteroatoms. The molecule has 2 amide bonds. The molecular weight excluding hydrogens is 344 g/mol. The Morgan fingerprint density at radius 3 is 2.44 bits per heavy atom. The van der Waals surface area contributed by atoms with Crippen molar-refractivity contribution in [2.45, 2.75) is 32.4 Å². The van der Waals surface area contributed by atoms with Gasteiger partial charge in [-0.2, -0.15) is 0 Å². The predicted octanol–water partition coefficient (Wildman–Crippen LogP) is 1.93. The van der Waals surface area contributed by atoms with Gasteiger partial charge < -0.3 is 4.74 Å². The smallest absolute Gasteiger partial charge is 0.326 e. The standard InChI is InChI=1S/C18H21ClN2O4/c1-4-21-15(22)12-13(16(21)23)18(3,17(24)25-5-2)20-14(12)10-6-8-11(19)9-7-10/h6-9,12-14,20H,4-5H2,1-3H3/t12-,13+,14-,18+/m0/s1. The molecule has 0 unspecified atom stereocenters. The topological polar surface area (TPSA) is 75.7 Å². The molecule has 2 aliphatic heterocycles. The van der Waals surface area contributed by atoms with Gasteiger partial charge >= 0.3 is 5.97 Å². The summed E-state index contributed by atoms with van der Waals surface area (Å²) >= 11 is 5.95. The number of hydrogen-bond donors (Lipinski definition) is 1. The lowest BCUT2D eigenvalue weighted by molar-refractivity contribution is -0.155. The van der Waals surface area contributed by atoms with Crippen molar-refractivity contribution in [1.82, 2.24) is 10.2 Å². The van der Waals surface area contributed by atoms with Crippen molar-refractivity contribution >= 4 is 29.4 Å². The zero-order chi connectivity index (χ0) is 18.4. The average Bonchev–Trinajstić information content (AvgIpc) is 3.03. The monoisotopic (exact) mass is 364 g/mol. The molecule has 0 radical (unpaired) electrons. The normalized spacial score (nSPS) is 31.4. The van der Waals surface area contributed by atoms with Crippen LogP contribution in [-0.4, -0.2) is 41.4 Å². The third kappa shape index (κ3) is 2.64. The number of esters is 1. The Morgan fingerprint density at radius 1 is 1.24 bits per heavy atom. The van der Waals surface area contributed by atoms with Crippen LogP contribution in [0.4, 0.5) is 0 Å². The molecule has 2 saturated heterocycles. The van der Waals surface area contributed by atoms with Gasteiger partial charge in [0.15, 0.2) is 0 Å². The number of carbonyl (C=O) groups is 3. The summed E-state index contributed by atoms with van der Waals surface area (Å²) in [5.41, 5.74) is -0.437. The van der Waals surface area contributed by atoms with Crippen molar-refractivity contribution in [3.8, 4) is 0 Å². The van der Waals surface area contributed by atoms with Crippen molar-refractivity contribution in [2.24, 2.45) is 11.8 Å². The van der Waals surface area contributed by atoms with Crippen LogP contribution in [0.5, 0.6) is 0 Å². The lowest BCUT2D eigenvalue weighted by atomic mass is 9.80. The molecule has 0 aliphatic carbocycles. The quantitative estimate of drug-likeness (QED) is 0.652. The fourth-order valence-electron chi connectivity index (χ4n) is 3.94. The number of likely N-dealkylation sites (tertiary alicyclic amines) is 1. The largest absolute Gasteiger partial charge is 0.465 e. The molecule has 1 N–H and O–H groups in total. The van der Waals surface area contributed by atoms with Gasteiger partial charge in [-0.1, -0.05) is 23.7 Å². The first kappa shape index (κ1) is 17.9. The second-order valence-corrected chi connectivity index (χ2v) is 6.96. The number of carbonyl (C=O) groups excluding carboxylic acids is 3. The number of fused-ring (bicyclic) bond motifs is 1. The molecule has 3 rings (SSSR count). The van der Waals surface area contributed by atoms with Gasteiger partial charge in [-0.3, -0.25) is 24.6 Å². The molecule has 0 aromatic heterocycles. The highest BCUT2D eigenvalue weighted by Crippen LogP contribution is 2.49. The molecule has 0 bridgehead atoms. The first-order valence-corrected chi connectivity index (χ1v) is 8.78.